The van der Waals surface area contributed by atoms with E-state index in [9.17, 15) is 9.59 Å². The van der Waals surface area contributed by atoms with Crippen LogP contribution in [0.1, 0.15) is 33.6 Å². The maximum absolute atomic E-state index is 12.3. The molecule has 0 unspecified atom stereocenters. The monoisotopic (exact) mass is 678 g/mol. The minimum atomic E-state index is -0.379. The second-order valence-corrected chi connectivity index (χ2v) is 12.8. The molecular formula is C38H36Cl2N6O2. The highest BCUT2D eigenvalue weighted by atomic mass is 35.5. The van der Waals surface area contributed by atoms with E-state index in [1.54, 1.807) is 42.5 Å². The molecule has 0 spiro atoms. The van der Waals surface area contributed by atoms with E-state index in [1.807, 2.05) is 54.8 Å². The van der Waals surface area contributed by atoms with Gasteiger partial charge in [0.2, 0.25) is 5.78 Å². The maximum atomic E-state index is 12.3. The highest BCUT2D eigenvalue weighted by molar-refractivity contribution is 6.35. The van der Waals surface area contributed by atoms with Crippen LogP contribution in [-0.2, 0) is 0 Å². The standard InChI is InChI=1S/C19H18ClN3O.C10H13N3.C9H5ClO/c20-17-6-2-1-5-16(17)18(24)8-10-22-12-15-11-14(22)13-23(15)19-7-3-4-9-21-19;1-2-4-11-10(3-1)13-7-8-5-9(13)6-12-8;1-2-9(11)7-5-3-4-6-8(7)10/h1-10,14-15H,11-13H2;1-4,8-9,12H,5-7H2;1,3-6H/b10-8+;;/t14-,15-;8-,9-;/m11./s1. The zero-order valence-corrected chi connectivity index (χ0v) is 27.8. The molecular weight excluding hydrogens is 643 g/mol. The van der Waals surface area contributed by atoms with Crippen molar-refractivity contribution in [3.05, 3.63) is 131 Å². The molecule has 0 saturated carbocycles. The summed E-state index contributed by atoms with van der Waals surface area (Å²) >= 11 is 11.8. The smallest absolute Gasteiger partial charge is 0.237 e. The first-order valence-corrected chi connectivity index (χ1v) is 16.7. The number of anilines is 2. The summed E-state index contributed by atoms with van der Waals surface area (Å²) < 4.78 is 0. The first-order chi connectivity index (χ1) is 23.4. The Kier molecular flexibility index (Phi) is 10.7. The van der Waals surface area contributed by atoms with Crippen molar-refractivity contribution in [3.8, 4) is 12.3 Å². The van der Waals surface area contributed by atoms with Gasteiger partial charge in [-0.05, 0) is 67.3 Å². The lowest BCUT2D eigenvalue weighted by molar-refractivity contribution is 0.104. The van der Waals surface area contributed by atoms with Gasteiger partial charge in [-0.1, -0.05) is 59.6 Å². The van der Waals surface area contributed by atoms with Crippen LogP contribution in [0.2, 0.25) is 10.0 Å². The lowest BCUT2D eigenvalue weighted by atomic mass is 10.1. The lowest BCUT2D eigenvalue weighted by Crippen LogP contribution is -2.44. The van der Waals surface area contributed by atoms with Gasteiger partial charge >= 0.3 is 0 Å². The number of Topliss-reactive ketones (excluding diaryl/α,β-unsaturated/α-hetero) is 1. The first-order valence-electron chi connectivity index (χ1n) is 16.0. The number of allylic oxidation sites excluding steroid dienone is 1. The minimum Gasteiger partial charge on any atom is -0.370 e. The van der Waals surface area contributed by atoms with E-state index in [0.29, 0.717) is 45.3 Å². The number of halogens is 2. The number of likely N-dealkylation sites (tertiary alicyclic amines) is 1. The Morgan fingerprint density at radius 1 is 0.750 bits per heavy atom. The van der Waals surface area contributed by atoms with Crippen molar-refractivity contribution in [1.82, 2.24) is 20.2 Å². The molecule has 8 nitrogen and oxygen atoms in total. The van der Waals surface area contributed by atoms with Gasteiger partial charge in [0.25, 0.3) is 0 Å². The van der Waals surface area contributed by atoms with Crippen LogP contribution in [0.5, 0.6) is 0 Å². The van der Waals surface area contributed by atoms with Crippen LogP contribution in [0.25, 0.3) is 0 Å². The predicted octanol–water partition coefficient (Wildman–Crippen LogP) is 6.18. The third-order valence-corrected chi connectivity index (χ3v) is 9.69. The van der Waals surface area contributed by atoms with E-state index in [2.05, 4.69) is 48.2 Å². The van der Waals surface area contributed by atoms with Gasteiger partial charge in [-0.2, -0.15) is 0 Å². The van der Waals surface area contributed by atoms with Gasteiger partial charge in [-0.3, -0.25) is 9.59 Å². The van der Waals surface area contributed by atoms with Gasteiger partial charge in [0.15, 0.2) is 5.78 Å². The van der Waals surface area contributed by atoms with E-state index >= 15 is 0 Å². The molecule has 4 atom stereocenters. The molecule has 4 saturated heterocycles. The van der Waals surface area contributed by atoms with E-state index in [4.69, 9.17) is 29.6 Å². The quantitative estimate of drug-likeness (QED) is 0.112. The fourth-order valence-electron chi connectivity index (χ4n) is 6.69. The molecule has 4 bridgehead atoms. The Hall–Kier alpha value is -4.68. The highest BCUT2D eigenvalue weighted by Gasteiger charge is 2.42. The van der Waals surface area contributed by atoms with Crippen molar-refractivity contribution in [1.29, 1.82) is 0 Å². The molecule has 8 rings (SSSR count). The summed E-state index contributed by atoms with van der Waals surface area (Å²) in [5.74, 6) is 3.75. The SMILES string of the molecule is C#CC(=O)c1ccccc1Cl.O=C(/C=C/N1C[C@H]2C[C@@H]1CN2c1ccccn1)c1ccccc1Cl.c1ccc(N2C[C@H]3C[C@@H]2CN3)nc1. The number of hydrogen-bond acceptors (Lipinski definition) is 8. The molecule has 2 aromatic carbocycles. The number of ketones is 2. The van der Waals surface area contributed by atoms with Gasteiger partial charge in [-0.15, -0.1) is 6.42 Å². The summed E-state index contributed by atoms with van der Waals surface area (Å²) in [6.45, 7) is 4.13. The van der Waals surface area contributed by atoms with Gasteiger partial charge in [-0.25, -0.2) is 9.97 Å². The number of carbonyl (C=O) groups is 2. The summed E-state index contributed by atoms with van der Waals surface area (Å²) in [6.07, 6.45) is 14.6. The Labute approximate surface area is 291 Å². The number of rotatable bonds is 6. The van der Waals surface area contributed by atoms with Crippen LogP contribution in [0.3, 0.4) is 0 Å². The Morgan fingerprint density at radius 3 is 1.85 bits per heavy atom. The van der Waals surface area contributed by atoms with Crippen molar-refractivity contribution >= 4 is 46.4 Å². The zero-order chi connectivity index (χ0) is 33.5. The number of terminal acetylenes is 1. The molecule has 48 heavy (non-hydrogen) atoms. The van der Waals surface area contributed by atoms with E-state index < -0.39 is 0 Å². The summed E-state index contributed by atoms with van der Waals surface area (Å²) in [5.41, 5.74) is 0.937. The minimum absolute atomic E-state index is 0.0510. The van der Waals surface area contributed by atoms with Crippen LogP contribution in [0, 0.1) is 12.3 Å². The van der Waals surface area contributed by atoms with Gasteiger partial charge in [0.1, 0.15) is 11.6 Å². The maximum Gasteiger partial charge on any atom is 0.237 e. The van der Waals surface area contributed by atoms with E-state index in [0.717, 1.165) is 44.2 Å². The van der Waals surface area contributed by atoms with Crippen LogP contribution in [-0.4, -0.2) is 76.8 Å². The van der Waals surface area contributed by atoms with Gasteiger partial charge in [0.05, 0.1) is 10.0 Å². The summed E-state index contributed by atoms with van der Waals surface area (Å²) in [5, 5.41) is 4.38. The summed E-state index contributed by atoms with van der Waals surface area (Å²) in [6, 6.07) is 28.3. The van der Waals surface area contributed by atoms with Crippen LogP contribution >= 0.6 is 23.2 Å². The summed E-state index contributed by atoms with van der Waals surface area (Å²) in [7, 11) is 0. The Bertz CT molecular complexity index is 1800. The molecule has 4 aliphatic heterocycles. The number of pyridine rings is 2. The van der Waals surface area contributed by atoms with Crippen LogP contribution in [0.15, 0.2) is 110 Å². The number of fused-ring (bicyclic) bond motifs is 4. The molecule has 0 radical (unpaired) electrons. The van der Waals surface area contributed by atoms with Crippen molar-refractivity contribution in [2.24, 2.45) is 0 Å². The first kappa shape index (κ1) is 33.2. The summed E-state index contributed by atoms with van der Waals surface area (Å²) in [4.78, 5) is 39.1. The zero-order valence-electron chi connectivity index (χ0n) is 26.3. The fraction of sp³-hybridized carbons (Fsp3) is 0.263. The van der Waals surface area contributed by atoms with Crippen molar-refractivity contribution in [2.45, 2.75) is 37.0 Å². The topological polar surface area (TPSA) is 81.7 Å². The molecule has 4 aliphatic rings. The number of benzene rings is 2. The molecule has 0 amide bonds. The average molecular weight is 680 g/mol. The second-order valence-electron chi connectivity index (χ2n) is 12.0. The van der Waals surface area contributed by atoms with E-state index in [-0.39, 0.29) is 11.6 Å². The third kappa shape index (κ3) is 7.71. The predicted molar refractivity (Wildman–Crippen MR) is 192 cm³/mol. The second kappa shape index (κ2) is 15.5. The number of piperazine rings is 2. The fourth-order valence-corrected chi connectivity index (χ4v) is 7.14. The van der Waals surface area contributed by atoms with Crippen LogP contribution < -0.4 is 15.1 Å². The number of nitrogens with one attached hydrogen (secondary N) is 1. The highest BCUT2D eigenvalue weighted by Crippen LogP contribution is 2.34. The third-order valence-electron chi connectivity index (χ3n) is 9.03. The van der Waals surface area contributed by atoms with E-state index in [1.165, 1.54) is 6.42 Å². The number of carbonyl (C=O) groups excluding carboxylic acids is 2. The lowest BCUT2D eigenvalue weighted by Gasteiger charge is -2.34. The average Bonchev–Trinajstić information content (AvgIpc) is 3.95. The van der Waals surface area contributed by atoms with Crippen LogP contribution in [0.4, 0.5) is 11.6 Å². The Morgan fingerprint density at radius 2 is 1.35 bits per heavy atom. The molecule has 2 aromatic heterocycles. The molecule has 244 valence electrons. The molecule has 0 aliphatic carbocycles. The number of nitrogens with zero attached hydrogens (tertiary/aromatic N) is 5. The normalized spacial score (nSPS) is 21.7. The molecule has 1 N–H and O–H groups in total. The van der Waals surface area contributed by atoms with Crippen molar-refractivity contribution in [2.75, 3.05) is 36.0 Å². The van der Waals surface area contributed by atoms with Crippen molar-refractivity contribution in [3.63, 3.8) is 0 Å². The van der Waals surface area contributed by atoms with Gasteiger partial charge in [0, 0.05) is 86.1 Å². The molecule has 4 aromatic rings. The number of hydrogen-bond donors (Lipinski definition) is 1. The molecule has 10 heteroatoms. The molecule has 6 heterocycles. The van der Waals surface area contributed by atoms with Crippen molar-refractivity contribution < 1.29 is 9.59 Å². The Balaban J connectivity index is 0.000000140. The van der Waals surface area contributed by atoms with Gasteiger partial charge < -0.3 is 20.0 Å². The largest absolute Gasteiger partial charge is 0.370 e. The molecule has 4 fully saturated rings. The number of aromatic nitrogens is 2.